The van der Waals surface area contributed by atoms with Crippen LogP contribution in [0.15, 0.2) is 24.3 Å². The fraction of sp³-hybridized carbons (Fsp3) is 0.556. The summed E-state index contributed by atoms with van der Waals surface area (Å²) in [6, 6.07) is 7.71. The van der Waals surface area contributed by atoms with E-state index in [4.69, 9.17) is 0 Å². The third-order valence-corrected chi connectivity index (χ3v) is 4.80. The number of rotatable bonds is 5. The van der Waals surface area contributed by atoms with Crippen molar-refractivity contribution in [1.82, 2.24) is 16.0 Å². The molecular weight excluding hydrogens is 326 g/mol. The van der Waals surface area contributed by atoms with Gasteiger partial charge in [0.15, 0.2) is 0 Å². The van der Waals surface area contributed by atoms with E-state index in [0.29, 0.717) is 12.1 Å². The van der Waals surface area contributed by atoms with Gasteiger partial charge in [-0.2, -0.15) is 0 Å². The van der Waals surface area contributed by atoms with Crippen LogP contribution in [-0.4, -0.2) is 30.9 Å². The highest BCUT2D eigenvalue weighted by atomic mass is 35.5. The Morgan fingerprint density at radius 1 is 1.08 bits per heavy atom. The maximum Gasteiger partial charge on any atom is 0.251 e. The molecule has 2 aliphatic rings. The van der Waals surface area contributed by atoms with Crippen molar-refractivity contribution < 1.29 is 9.59 Å². The van der Waals surface area contributed by atoms with Crippen molar-refractivity contribution in [3.63, 3.8) is 0 Å². The molecule has 6 heteroatoms. The fourth-order valence-corrected chi connectivity index (χ4v) is 3.34. The second-order valence-corrected chi connectivity index (χ2v) is 6.56. The van der Waals surface area contributed by atoms with Crippen LogP contribution in [0.5, 0.6) is 0 Å². The predicted octanol–water partition coefficient (Wildman–Crippen LogP) is 2.01. The van der Waals surface area contributed by atoms with Gasteiger partial charge in [-0.25, -0.2) is 0 Å². The second kappa shape index (κ2) is 9.04. The van der Waals surface area contributed by atoms with Gasteiger partial charge in [-0.15, -0.1) is 12.4 Å². The number of hydrogen-bond acceptors (Lipinski definition) is 3. The molecule has 1 aliphatic carbocycles. The van der Waals surface area contributed by atoms with Gasteiger partial charge >= 0.3 is 0 Å². The summed E-state index contributed by atoms with van der Waals surface area (Å²) in [6.07, 6.45) is 5.34. The second-order valence-electron chi connectivity index (χ2n) is 6.56. The summed E-state index contributed by atoms with van der Waals surface area (Å²) in [7, 11) is 0. The van der Waals surface area contributed by atoms with Gasteiger partial charge in [0.25, 0.3) is 5.91 Å². The van der Waals surface area contributed by atoms with E-state index in [1.807, 2.05) is 24.3 Å². The first-order chi connectivity index (χ1) is 11.2. The SMILES string of the molecule is Cl.O=C(NC1CCNC1)c1ccc(CNC(=O)C2CCCC2)cc1. The van der Waals surface area contributed by atoms with E-state index >= 15 is 0 Å². The Balaban J connectivity index is 0.00000208. The minimum atomic E-state index is -0.0276. The van der Waals surface area contributed by atoms with E-state index in [9.17, 15) is 9.59 Å². The number of halogens is 1. The van der Waals surface area contributed by atoms with Gasteiger partial charge in [-0.3, -0.25) is 9.59 Å². The molecule has 1 heterocycles. The zero-order valence-corrected chi connectivity index (χ0v) is 14.7. The Bertz CT molecular complexity index is 550. The number of carbonyl (C=O) groups excluding carboxylic acids is 2. The Hall–Kier alpha value is -1.59. The number of carbonyl (C=O) groups is 2. The summed E-state index contributed by atoms with van der Waals surface area (Å²) in [5.41, 5.74) is 1.69. The molecule has 0 bridgehead atoms. The molecule has 1 aromatic carbocycles. The molecule has 3 rings (SSSR count). The van der Waals surface area contributed by atoms with Crippen LogP contribution in [0.1, 0.15) is 48.0 Å². The van der Waals surface area contributed by atoms with Crippen molar-refractivity contribution in [2.75, 3.05) is 13.1 Å². The van der Waals surface area contributed by atoms with Crippen LogP contribution in [0.4, 0.5) is 0 Å². The first-order valence-corrected chi connectivity index (χ1v) is 8.60. The minimum Gasteiger partial charge on any atom is -0.352 e. The average molecular weight is 352 g/mol. The quantitative estimate of drug-likeness (QED) is 0.760. The first kappa shape index (κ1) is 18.7. The van der Waals surface area contributed by atoms with Crippen molar-refractivity contribution in [2.45, 2.75) is 44.7 Å². The van der Waals surface area contributed by atoms with Gasteiger partial charge in [-0.1, -0.05) is 25.0 Å². The lowest BCUT2D eigenvalue weighted by Gasteiger charge is -2.12. The molecule has 132 valence electrons. The molecule has 1 aliphatic heterocycles. The van der Waals surface area contributed by atoms with Crippen LogP contribution in [0.3, 0.4) is 0 Å². The topological polar surface area (TPSA) is 70.2 Å². The van der Waals surface area contributed by atoms with E-state index in [1.54, 1.807) is 0 Å². The third kappa shape index (κ3) is 4.95. The lowest BCUT2D eigenvalue weighted by Crippen LogP contribution is -2.36. The van der Waals surface area contributed by atoms with E-state index in [1.165, 1.54) is 12.8 Å². The number of nitrogens with one attached hydrogen (secondary N) is 3. The highest BCUT2D eigenvalue weighted by Gasteiger charge is 2.22. The lowest BCUT2D eigenvalue weighted by atomic mass is 10.1. The van der Waals surface area contributed by atoms with Gasteiger partial charge in [0.1, 0.15) is 0 Å². The van der Waals surface area contributed by atoms with Crippen molar-refractivity contribution >= 4 is 24.2 Å². The maximum absolute atomic E-state index is 12.1. The smallest absolute Gasteiger partial charge is 0.251 e. The van der Waals surface area contributed by atoms with Gasteiger partial charge in [0.05, 0.1) is 0 Å². The third-order valence-electron chi connectivity index (χ3n) is 4.80. The highest BCUT2D eigenvalue weighted by molar-refractivity contribution is 5.94. The van der Waals surface area contributed by atoms with Crippen LogP contribution in [0.2, 0.25) is 0 Å². The predicted molar refractivity (Wildman–Crippen MR) is 96.2 cm³/mol. The van der Waals surface area contributed by atoms with Gasteiger partial charge in [0.2, 0.25) is 5.91 Å². The fourth-order valence-electron chi connectivity index (χ4n) is 3.34. The standard InChI is InChI=1S/C18H25N3O2.ClH/c22-17(14-3-1-2-4-14)20-11-13-5-7-15(8-6-13)18(23)21-16-9-10-19-12-16;/h5-8,14,16,19H,1-4,9-12H2,(H,20,22)(H,21,23);1H. The average Bonchev–Trinajstić information content (AvgIpc) is 3.26. The highest BCUT2D eigenvalue weighted by Crippen LogP contribution is 2.24. The molecule has 2 fully saturated rings. The number of hydrogen-bond donors (Lipinski definition) is 3. The molecule has 1 saturated carbocycles. The summed E-state index contributed by atoms with van der Waals surface area (Å²) in [5.74, 6) is 0.332. The molecular formula is C18H26ClN3O2. The Kier molecular flexibility index (Phi) is 7.06. The number of benzene rings is 1. The molecule has 3 N–H and O–H groups in total. The van der Waals surface area contributed by atoms with Crippen LogP contribution in [-0.2, 0) is 11.3 Å². The molecule has 5 nitrogen and oxygen atoms in total. The van der Waals surface area contributed by atoms with Crippen LogP contribution >= 0.6 is 12.4 Å². The van der Waals surface area contributed by atoms with E-state index < -0.39 is 0 Å². The summed E-state index contributed by atoms with van der Waals surface area (Å²) in [5, 5.41) is 9.27. The Labute approximate surface area is 149 Å². The summed E-state index contributed by atoms with van der Waals surface area (Å²) in [4.78, 5) is 24.1. The van der Waals surface area contributed by atoms with E-state index in [0.717, 1.165) is 37.9 Å². The molecule has 1 atom stereocenters. The molecule has 0 radical (unpaired) electrons. The molecule has 1 saturated heterocycles. The minimum absolute atomic E-state index is 0. The molecule has 1 aromatic rings. The maximum atomic E-state index is 12.1. The van der Waals surface area contributed by atoms with Gasteiger partial charge < -0.3 is 16.0 Å². The van der Waals surface area contributed by atoms with Crippen LogP contribution in [0, 0.1) is 5.92 Å². The van der Waals surface area contributed by atoms with Crippen molar-refractivity contribution in [1.29, 1.82) is 0 Å². The van der Waals surface area contributed by atoms with Crippen molar-refractivity contribution in [3.8, 4) is 0 Å². The molecule has 0 aromatic heterocycles. The van der Waals surface area contributed by atoms with Crippen molar-refractivity contribution in [3.05, 3.63) is 35.4 Å². The molecule has 24 heavy (non-hydrogen) atoms. The first-order valence-electron chi connectivity index (χ1n) is 8.60. The zero-order valence-electron chi connectivity index (χ0n) is 13.8. The van der Waals surface area contributed by atoms with Crippen LogP contribution < -0.4 is 16.0 Å². The normalized spacial score (nSPS) is 20.4. The largest absolute Gasteiger partial charge is 0.352 e. The molecule has 1 unspecified atom stereocenters. The van der Waals surface area contributed by atoms with Crippen molar-refractivity contribution in [2.24, 2.45) is 5.92 Å². The Morgan fingerprint density at radius 3 is 2.42 bits per heavy atom. The molecule has 0 spiro atoms. The summed E-state index contributed by atoms with van der Waals surface area (Å²) in [6.45, 7) is 2.34. The number of amides is 2. The Morgan fingerprint density at radius 2 is 1.79 bits per heavy atom. The zero-order chi connectivity index (χ0) is 16.1. The van der Waals surface area contributed by atoms with E-state index in [2.05, 4.69) is 16.0 Å². The van der Waals surface area contributed by atoms with Gasteiger partial charge in [-0.05, 0) is 43.5 Å². The van der Waals surface area contributed by atoms with E-state index in [-0.39, 0.29) is 36.2 Å². The van der Waals surface area contributed by atoms with Crippen LogP contribution in [0.25, 0.3) is 0 Å². The summed E-state index contributed by atoms with van der Waals surface area (Å²) < 4.78 is 0. The van der Waals surface area contributed by atoms with Gasteiger partial charge in [0, 0.05) is 30.6 Å². The lowest BCUT2D eigenvalue weighted by molar-refractivity contribution is -0.124. The summed E-state index contributed by atoms with van der Waals surface area (Å²) >= 11 is 0. The monoisotopic (exact) mass is 351 g/mol. The molecule has 2 amide bonds.